The van der Waals surface area contributed by atoms with Crippen molar-refractivity contribution in [3.8, 4) is 0 Å². The van der Waals surface area contributed by atoms with Gasteiger partial charge >= 0.3 is 5.97 Å². The number of hydrogen-bond acceptors (Lipinski definition) is 4. The van der Waals surface area contributed by atoms with E-state index in [-0.39, 0.29) is 11.0 Å². The molecule has 2 aromatic heterocycles. The maximum absolute atomic E-state index is 11.1. The molecule has 0 atom stereocenters. The van der Waals surface area contributed by atoms with E-state index in [2.05, 4.69) is 10.2 Å². The lowest BCUT2D eigenvalue weighted by atomic mass is 9.94. The number of nitrogens with zero attached hydrogens (tertiary/aromatic N) is 3. The van der Waals surface area contributed by atoms with Crippen LogP contribution >= 0.6 is 0 Å². The number of aromatic carboxylic acids is 1. The van der Waals surface area contributed by atoms with Gasteiger partial charge in [0.15, 0.2) is 5.65 Å². The lowest BCUT2D eigenvalue weighted by Crippen LogP contribution is -2.18. The second kappa shape index (κ2) is 5.13. The number of pyridine rings is 1. The van der Waals surface area contributed by atoms with Crippen molar-refractivity contribution in [2.75, 3.05) is 0 Å². The van der Waals surface area contributed by atoms with Crippen molar-refractivity contribution in [3.05, 3.63) is 65.1 Å². The smallest absolute Gasteiger partial charge is 0.335 e. The summed E-state index contributed by atoms with van der Waals surface area (Å²) in [5.74, 6) is -0.101. The van der Waals surface area contributed by atoms with E-state index >= 15 is 0 Å². The van der Waals surface area contributed by atoms with E-state index in [1.54, 1.807) is 26.0 Å². The average molecular weight is 337 g/mol. The predicted molar refractivity (Wildman–Crippen MR) is 91.6 cm³/mol. The van der Waals surface area contributed by atoms with Gasteiger partial charge in [0.05, 0.1) is 16.6 Å². The molecule has 1 aromatic carbocycles. The largest absolute Gasteiger partial charge is 0.478 e. The first kappa shape index (κ1) is 15.8. The number of hydrogen-bond donors (Lipinski definition) is 2. The Morgan fingerprint density at radius 3 is 2.40 bits per heavy atom. The summed E-state index contributed by atoms with van der Waals surface area (Å²) >= 11 is 0. The molecule has 6 heteroatoms. The van der Waals surface area contributed by atoms with Crippen LogP contribution in [-0.4, -0.2) is 30.8 Å². The number of aromatic nitrogens is 3. The Balaban J connectivity index is 1.83. The van der Waals surface area contributed by atoms with Crippen LogP contribution in [0.1, 0.15) is 54.0 Å². The van der Waals surface area contributed by atoms with Crippen molar-refractivity contribution in [2.45, 2.75) is 37.7 Å². The van der Waals surface area contributed by atoms with Crippen LogP contribution in [-0.2, 0) is 11.0 Å². The van der Waals surface area contributed by atoms with Crippen molar-refractivity contribution in [1.82, 2.24) is 14.6 Å². The standard InChI is InChI=1S/C19H19N3O3/c1-18(2,25)14-4-3-11-22-15(14)20-21-17(22)19(9-10-19)13-7-5-12(6-8-13)16(23)24/h3-8,11,25H,9-10H2,1-2H3,(H,23,24). The molecule has 1 saturated carbocycles. The first-order valence-electron chi connectivity index (χ1n) is 8.24. The molecule has 0 aliphatic heterocycles. The van der Waals surface area contributed by atoms with Gasteiger partial charge < -0.3 is 10.2 Å². The third-order valence-electron chi connectivity index (χ3n) is 4.96. The maximum atomic E-state index is 11.1. The third kappa shape index (κ3) is 2.41. The van der Waals surface area contributed by atoms with Gasteiger partial charge in [-0.15, -0.1) is 10.2 Å². The summed E-state index contributed by atoms with van der Waals surface area (Å²) < 4.78 is 1.94. The molecule has 6 nitrogen and oxygen atoms in total. The first-order chi connectivity index (χ1) is 11.8. The zero-order valence-electron chi connectivity index (χ0n) is 14.1. The molecule has 1 aliphatic rings. The molecule has 4 rings (SSSR count). The second-order valence-electron chi connectivity index (χ2n) is 7.16. The van der Waals surface area contributed by atoms with Gasteiger partial charge in [-0.2, -0.15) is 0 Å². The normalized spacial score (nSPS) is 16.1. The average Bonchev–Trinajstić information content (AvgIpc) is 3.26. The summed E-state index contributed by atoms with van der Waals surface area (Å²) in [7, 11) is 0. The van der Waals surface area contributed by atoms with Crippen molar-refractivity contribution < 1.29 is 15.0 Å². The summed E-state index contributed by atoms with van der Waals surface area (Å²) in [5, 5.41) is 28.2. The number of rotatable bonds is 4. The van der Waals surface area contributed by atoms with E-state index in [1.165, 1.54) is 0 Å². The molecular formula is C19H19N3O3. The zero-order valence-corrected chi connectivity index (χ0v) is 14.1. The molecule has 2 N–H and O–H groups in total. The molecule has 0 radical (unpaired) electrons. The lowest BCUT2D eigenvalue weighted by Gasteiger charge is -2.19. The Labute approximate surface area is 144 Å². The molecule has 0 unspecified atom stereocenters. The molecule has 3 aromatic rings. The number of carbonyl (C=O) groups is 1. The highest BCUT2D eigenvalue weighted by molar-refractivity contribution is 5.87. The summed E-state index contributed by atoms with van der Waals surface area (Å²) in [5.41, 5.74) is 1.45. The highest BCUT2D eigenvalue weighted by Crippen LogP contribution is 2.52. The topological polar surface area (TPSA) is 87.7 Å². The monoisotopic (exact) mass is 337 g/mol. The molecule has 0 saturated heterocycles. The van der Waals surface area contributed by atoms with E-state index in [0.717, 1.165) is 29.8 Å². The van der Waals surface area contributed by atoms with Gasteiger partial charge in [-0.1, -0.05) is 18.2 Å². The Morgan fingerprint density at radius 2 is 1.84 bits per heavy atom. The van der Waals surface area contributed by atoms with Crippen molar-refractivity contribution >= 4 is 11.6 Å². The fourth-order valence-corrected chi connectivity index (χ4v) is 3.42. The fraction of sp³-hybridized carbons (Fsp3) is 0.316. The summed E-state index contributed by atoms with van der Waals surface area (Å²) in [6.07, 6.45) is 3.78. The highest BCUT2D eigenvalue weighted by Gasteiger charge is 2.49. The molecule has 128 valence electrons. The van der Waals surface area contributed by atoms with Crippen LogP contribution in [0.2, 0.25) is 0 Å². The minimum Gasteiger partial charge on any atom is -0.478 e. The fourth-order valence-electron chi connectivity index (χ4n) is 3.42. The van der Waals surface area contributed by atoms with Crippen LogP contribution in [0.3, 0.4) is 0 Å². The number of aliphatic hydroxyl groups is 1. The summed E-state index contributed by atoms with van der Waals surface area (Å²) in [6.45, 7) is 3.46. The number of carboxylic acids is 1. The van der Waals surface area contributed by atoms with Crippen molar-refractivity contribution in [3.63, 3.8) is 0 Å². The van der Waals surface area contributed by atoms with Crippen LogP contribution < -0.4 is 0 Å². The second-order valence-corrected chi connectivity index (χ2v) is 7.16. The van der Waals surface area contributed by atoms with E-state index < -0.39 is 11.6 Å². The molecule has 0 spiro atoms. The van der Waals surface area contributed by atoms with E-state index in [9.17, 15) is 9.90 Å². The van der Waals surface area contributed by atoms with Gasteiger partial charge in [-0.05, 0) is 50.5 Å². The zero-order chi connectivity index (χ0) is 17.8. The quantitative estimate of drug-likeness (QED) is 0.764. The molecule has 1 aliphatic carbocycles. The number of carboxylic acid groups (broad SMARTS) is 1. The number of benzene rings is 1. The van der Waals surface area contributed by atoms with Crippen molar-refractivity contribution in [2.24, 2.45) is 0 Å². The van der Waals surface area contributed by atoms with Gasteiger partial charge in [0, 0.05) is 11.8 Å². The summed E-state index contributed by atoms with van der Waals surface area (Å²) in [4.78, 5) is 11.1. The minimum atomic E-state index is -1.01. The summed E-state index contributed by atoms with van der Waals surface area (Å²) in [6, 6.07) is 10.7. The van der Waals surface area contributed by atoms with Gasteiger partial charge in [-0.3, -0.25) is 4.40 Å². The van der Waals surface area contributed by atoms with Crippen LogP contribution in [0, 0.1) is 0 Å². The van der Waals surface area contributed by atoms with Gasteiger partial charge in [0.2, 0.25) is 0 Å². The van der Waals surface area contributed by atoms with E-state index in [0.29, 0.717) is 5.65 Å². The molecule has 2 heterocycles. The van der Waals surface area contributed by atoms with Crippen LogP contribution in [0.25, 0.3) is 5.65 Å². The molecule has 1 fully saturated rings. The van der Waals surface area contributed by atoms with E-state index in [4.69, 9.17) is 5.11 Å². The maximum Gasteiger partial charge on any atom is 0.335 e. The predicted octanol–water partition coefficient (Wildman–Crippen LogP) is 2.73. The van der Waals surface area contributed by atoms with Gasteiger partial charge in [-0.25, -0.2) is 4.79 Å². The van der Waals surface area contributed by atoms with Gasteiger partial charge in [0.1, 0.15) is 5.82 Å². The molecular weight excluding hydrogens is 318 g/mol. The highest BCUT2D eigenvalue weighted by atomic mass is 16.4. The van der Waals surface area contributed by atoms with Crippen molar-refractivity contribution in [1.29, 1.82) is 0 Å². The van der Waals surface area contributed by atoms with Gasteiger partial charge in [0.25, 0.3) is 0 Å². The Hall–Kier alpha value is -2.73. The molecule has 0 bridgehead atoms. The Kier molecular flexibility index (Phi) is 3.24. The lowest BCUT2D eigenvalue weighted by molar-refractivity contribution is 0.0696. The van der Waals surface area contributed by atoms with Crippen LogP contribution in [0.5, 0.6) is 0 Å². The Bertz CT molecular complexity index is 964. The first-order valence-corrected chi connectivity index (χ1v) is 8.24. The van der Waals surface area contributed by atoms with E-state index in [1.807, 2.05) is 34.9 Å². The van der Waals surface area contributed by atoms with Crippen LogP contribution in [0.4, 0.5) is 0 Å². The third-order valence-corrected chi connectivity index (χ3v) is 4.96. The molecule has 0 amide bonds. The minimum absolute atomic E-state index is 0.241. The SMILES string of the molecule is CC(C)(O)c1cccn2c(C3(c4ccc(C(=O)O)cc4)CC3)nnc12. The number of fused-ring (bicyclic) bond motifs is 1. The van der Waals surface area contributed by atoms with Crippen LogP contribution in [0.15, 0.2) is 42.6 Å². The Morgan fingerprint density at radius 1 is 1.16 bits per heavy atom. The molecule has 25 heavy (non-hydrogen) atoms.